The molecule has 2 atom stereocenters. The number of aliphatic hydroxyl groups excluding tert-OH is 3. The van der Waals surface area contributed by atoms with Crippen molar-refractivity contribution in [2.45, 2.75) is 19.1 Å². The van der Waals surface area contributed by atoms with Gasteiger partial charge in [-0.15, -0.1) is 0 Å². The second-order valence-corrected chi connectivity index (χ2v) is 3.23. The van der Waals surface area contributed by atoms with Crippen LogP contribution in [0.1, 0.15) is 6.92 Å². The summed E-state index contributed by atoms with van der Waals surface area (Å²) >= 11 is 0. The summed E-state index contributed by atoms with van der Waals surface area (Å²) < 4.78 is 8.87. The van der Waals surface area contributed by atoms with Crippen molar-refractivity contribution >= 4 is 17.7 Å². The van der Waals surface area contributed by atoms with Gasteiger partial charge in [0.1, 0.15) is 6.10 Å². The van der Waals surface area contributed by atoms with Crippen LogP contribution in [0.2, 0.25) is 0 Å². The summed E-state index contributed by atoms with van der Waals surface area (Å²) in [6, 6.07) is 0. The van der Waals surface area contributed by atoms with Gasteiger partial charge in [-0.2, -0.15) is 0 Å². The first-order valence-corrected chi connectivity index (χ1v) is 4.54. The Kier molecular flexibility index (Phi) is 3.81. The van der Waals surface area contributed by atoms with E-state index in [0.717, 1.165) is 6.92 Å². The van der Waals surface area contributed by atoms with Gasteiger partial charge in [0.2, 0.25) is 17.3 Å². The van der Waals surface area contributed by atoms with E-state index in [9.17, 15) is 24.6 Å². The molecule has 8 heteroatoms. The van der Waals surface area contributed by atoms with Crippen molar-refractivity contribution in [3.05, 3.63) is 11.5 Å². The van der Waals surface area contributed by atoms with Crippen LogP contribution in [0.25, 0.3) is 0 Å². The number of Topliss-reactive ketones (excluding diaryl/α,β-unsaturated/α-hetero) is 1. The number of rotatable bonds is 4. The lowest BCUT2D eigenvalue weighted by molar-refractivity contribution is -0.154. The average Bonchev–Trinajstić information content (AvgIpc) is 2.56. The molecule has 17 heavy (non-hydrogen) atoms. The minimum Gasteiger partial charge on any atom is -0.499 e. The minimum atomic E-state index is -1.57. The molecule has 1 rings (SSSR count). The van der Waals surface area contributed by atoms with Gasteiger partial charge in [0, 0.05) is 6.92 Å². The van der Waals surface area contributed by atoms with Crippen LogP contribution in [-0.4, -0.2) is 51.9 Å². The Balaban J connectivity index is 2.94. The molecule has 0 aliphatic carbocycles. The lowest BCUT2D eigenvalue weighted by Crippen LogP contribution is -2.33. The highest BCUT2D eigenvalue weighted by Crippen LogP contribution is 2.24. The normalized spacial score (nSPS) is 21.1. The largest absolute Gasteiger partial charge is 0.499 e. The summed E-state index contributed by atoms with van der Waals surface area (Å²) in [7, 11) is 0. The average molecular weight is 246 g/mol. The van der Waals surface area contributed by atoms with Gasteiger partial charge in [-0.1, -0.05) is 0 Å². The third-order valence-electron chi connectivity index (χ3n) is 1.95. The van der Waals surface area contributed by atoms with Gasteiger partial charge < -0.3 is 24.8 Å². The third-order valence-corrected chi connectivity index (χ3v) is 1.95. The molecule has 0 aromatic rings. The Bertz CT molecular complexity index is 396. The number of esters is 2. The molecule has 3 N–H and O–H groups in total. The highest BCUT2D eigenvalue weighted by atomic mass is 16.6. The molecule has 2 unspecified atom stereocenters. The molecule has 1 heterocycles. The molecule has 1 aliphatic rings. The van der Waals surface area contributed by atoms with E-state index < -0.39 is 48.1 Å². The topological polar surface area (TPSA) is 130 Å². The molecule has 0 bridgehead atoms. The van der Waals surface area contributed by atoms with Gasteiger partial charge in [0.05, 0.1) is 6.61 Å². The molecule has 0 saturated carbocycles. The van der Waals surface area contributed by atoms with Crippen molar-refractivity contribution in [3.63, 3.8) is 0 Å². The highest BCUT2D eigenvalue weighted by molar-refractivity contribution is 6.32. The molecule has 0 fully saturated rings. The van der Waals surface area contributed by atoms with Crippen LogP contribution in [0.4, 0.5) is 0 Å². The fraction of sp³-hybridized carbons (Fsp3) is 0.444. The fourth-order valence-electron chi connectivity index (χ4n) is 1.09. The number of carbonyl (C=O) groups is 3. The first kappa shape index (κ1) is 13.1. The zero-order valence-electron chi connectivity index (χ0n) is 8.74. The van der Waals surface area contributed by atoms with E-state index in [4.69, 9.17) is 5.11 Å². The van der Waals surface area contributed by atoms with Gasteiger partial charge in [-0.25, -0.2) is 9.59 Å². The molecule has 0 aromatic carbocycles. The predicted octanol–water partition coefficient (Wildman–Crippen LogP) is -1.83. The fourth-order valence-corrected chi connectivity index (χ4v) is 1.09. The molecular weight excluding hydrogens is 236 g/mol. The number of cyclic esters (lactones) is 1. The number of carbonyl (C=O) groups excluding carboxylic acids is 3. The molecule has 8 nitrogen and oxygen atoms in total. The zero-order chi connectivity index (χ0) is 13.2. The maximum Gasteiger partial charge on any atom is 0.379 e. The number of ketones is 1. The zero-order valence-corrected chi connectivity index (χ0v) is 8.74. The predicted molar refractivity (Wildman–Crippen MR) is 49.4 cm³/mol. The second kappa shape index (κ2) is 4.93. The van der Waals surface area contributed by atoms with Crippen LogP contribution in [0.15, 0.2) is 11.5 Å². The lowest BCUT2D eigenvalue weighted by atomic mass is 10.2. The van der Waals surface area contributed by atoms with Crippen molar-refractivity contribution in [1.29, 1.82) is 0 Å². The van der Waals surface area contributed by atoms with E-state index in [1.807, 2.05) is 0 Å². The van der Waals surface area contributed by atoms with Crippen LogP contribution in [-0.2, 0) is 23.9 Å². The Hall–Kier alpha value is -1.93. The monoisotopic (exact) mass is 246 g/mol. The lowest BCUT2D eigenvalue weighted by Gasteiger charge is -2.16. The van der Waals surface area contributed by atoms with Gasteiger partial charge in [0.25, 0.3) is 0 Å². The third kappa shape index (κ3) is 2.60. The summed E-state index contributed by atoms with van der Waals surface area (Å²) in [5.74, 6) is -5.19. The number of hydrogen-bond acceptors (Lipinski definition) is 8. The van der Waals surface area contributed by atoms with Crippen molar-refractivity contribution in [2.24, 2.45) is 0 Å². The standard InChI is InChI=1S/C9H10O8/c1-3(11)8(14)17-7-5(13)9(15)16-6(7)4(12)2-10/h4,6,10,12-13H,2H2,1H3. The molecule has 0 amide bonds. The van der Waals surface area contributed by atoms with E-state index in [1.165, 1.54) is 0 Å². The summed E-state index contributed by atoms with van der Waals surface area (Å²) in [5, 5.41) is 27.2. The van der Waals surface area contributed by atoms with Gasteiger partial charge in [-0.05, 0) is 0 Å². The summed E-state index contributed by atoms with van der Waals surface area (Å²) in [6.45, 7) is 0.140. The van der Waals surface area contributed by atoms with Crippen molar-refractivity contribution in [1.82, 2.24) is 0 Å². The van der Waals surface area contributed by atoms with Crippen LogP contribution >= 0.6 is 0 Å². The molecule has 94 valence electrons. The van der Waals surface area contributed by atoms with E-state index >= 15 is 0 Å². The van der Waals surface area contributed by atoms with Gasteiger partial charge in [-0.3, -0.25) is 4.79 Å². The Morgan fingerprint density at radius 2 is 2.12 bits per heavy atom. The molecule has 0 aromatic heterocycles. The molecule has 0 spiro atoms. The Morgan fingerprint density at radius 1 is 1.53 bits per heavy atom. The van der Waals surface area contributed by atoms with Crippen LogP contribution in [0.3, 0.4) is 0 Å². The number of aliphatic hydroxyl groups is 3. The maximum absolute atomic E-state index is 11.0. The smallest absolute Gasteiger partial charge is 0.379 e. The van der Waals surface area contributed by atoms with Crippen LogP contribution in [0.5, 0.6) is 0 Å². The molecular formula is C9H10O8. The molecule has 0 saturated heterocycles. The van der Waals surface area contributed by atoms with Gasteiger partial charge in [0.15, 0.2) is 6.10 Å². The second-order valence-electron chi connectivity index (χ2n) is 3.23. The summed E-state index contributed by atoms with van der Waals surface area (Å²) in [6.07, 6.45) is -3.09. The summed E-state index contributed by atoms with van der Waals surface area (Å²) in [4.78, 5) is 32.6. The highest BCUT2D eigenvalue weighted by Gasteiger charge is 2.42. The number of ether oxygens (including phenoxy) is 2. The number of hydrogen-bond donors (Lipinski definition) is 3. The van der Waals surface area contributed by atoms with E-state index in [2.05, 4.69) is 9.47 Å². The van der Waals surface area contributed by atoms with E-state index in [1.54, 1.807) is 0 Å². The Morgan fingerprint density at radius 3 is 2.59 bits per heavy atom. The van der Waals surface area contributed by atoms with Crippen molar-refractivity contribution in [3.8, 4) is 0 Å². The summed E-state index contributed by atoms with van der Waals surface area (Å²) in [5.41, 5.74) is 0. The van der Waals surface area contributed by atoms with E-state index in [-0.39, 0.29) is 0 Å². The maximum atomic E-state index is 11.0. The molecule has 1 aliphatic heterocycles. The first-order valence-electron chi connectivity index (χ1n) is 4.54. The first-order chi connectivity index (χ1) is 7.88. The van der Waals surface area contributed by atoms with Crippen molar-refractivity contribution in [2.75, 3.05) is 6.61 Å². The Labute approximate surface area is 95.1 Å². The van der Waals surface area contributed by atoms with Gasteiger partial charge >= 0.3 is 11.9 Å². The minimum absolute atomic E-state index is 0.684. The SMILES string of the molecule is CC(=O)C(=O)OC1=C(O)C(=O)OC1C(O)CO. The van der Waals surface area contributed by atoms with Crippen molar-refractivity contribution < 1.29 is 39.2 Å². The molecule has 0 radical (unpaired) electrons. The van der Waals surface area contributed by atoms with E-state index in [0.29, 0.717) is 0 Å². The van der Waals surface area contributed by atoms with Crippen LogP contribution in [0, 0.1) is 0 Å². The quantitative estimate of drug-likeness (QED) is 0.390. The van der Waals surface area contributed by atoms with Crippen LogP contribution < -0.4 is 0 Å².